The fourth-order valence-corrected chi connectivity index (χ4v) is 2.33. The van der Waals surface area contributed by atoms with Crippen LogP contribution < -0.4 is 15.5 Å². The van der Waals surface area contributed by atoms with Crippen molar-refractivity contribution in [3.63, 3.8) is 0 Å². The zero-order chi connectivity index (χ0) is 19.6. The monoisotopic (exact) mass is 367 g/mol. The van der Waals surface area contributed by atoms with E-state index in [4.69, 9.17) is 4.74 Å². The smallest absolute Gasteiger partial charge is 0.271 e. The Bertz CT molecular complexity index is 781. The van der Waals surface area contributed by atoms with E-state index < -0.39 is 0 Å². The van der Waals surface area contributed by atoms with Crippen LogP contribution >= 0.6 is 0 Å². The zero-order valence-electron chi connectivity index (χ0n) is 15.9. The van der Waals surface area contributed by atoms with Gasteiger partial charge in [-0.1, -0.05) is 13.8 Å². The van der Waals surface area contributed by atoms with Gasteiger partial charge in [-0.25, -0.2) is 5.43 Å². The van der Waals surface area contributed by atoms with Crippen LogP contribution in [0.3, 0.4) is 0 Å². The van der Waals surface area contributed by atoms with Gasteiger partial charge in [0.25, 0.3) is 5.91 Å². The van der Waals surface area contributed by atoms with Crippen molar-refractivity contribution in [3.05, 3.63) is 59.7 Å². The number of hydrogen-bond acceptors (Lipinski definition) is 4. The van der Waals surface area contributed by atoms with Gasteiger partial charge in [0.1, 0.15) is 5.75 Å². The predicted octanol–water partition coefficient (Wildman–Crippen LogP) is 3.83. The van der Waals surface area contributed by atoms with Gasteiger partial charge in [0, 0.05) is 17.7 Å². The summed E-state index contributed by atoms with van der Waals surface area (Å²) in [5.41, 5.74) is 4.46. The van der Waals surface area contributed by atoms with Crippen LogP contribution in [0.15, 0.2) is 53.6 Å². The number of carbonyl (C=O) groups excluding carboxylic acids is 2. The third kappa shape index (κ3) is 6.93. The van der Waals surface area contributed by atoms with Gasteiger partial charge < -0.3 is 10.1 Å². The minimum Gasteiger partial charge on any atom is -0.494 e. The van der Waals surface area contributed by atoms with Crippen LogP contribution in [0.25, 0.3) is 0 Å². The lowest BCUT2D eigenvalue weighted by Gasteiger charge is -2.07. The van der Waals surface area contributed by atoms with Crippen LogP contribution in [0.2, 0.25) is 0 Å². The van der Waals surface area contributed by atoms with E-state index >= 15 is 0 Å². The van der Waals surface area contributed by atoms with E-state index in [1.165, 1.54) is 0 Å². The van der Waals surface area contributed by atoms with E-state index in [0.717, 1.165) is 11.3 Å². The van der Waals surface area contributed by atoms with Gasteiger partial charge in [-0.05, 0) is 66.9 Å². The number of ether oxygens (including phenoxy) is 1. The SMILES string of the molecule is CCOc1ccc(/C=N/NC(=O)c2ccc(NC(=O)CC(C)C)cc2)cc1. The summed E-state index contributed by atoms with van der Waals surface area (Å²) in [5, 5.41) is 6.77. The summed E-state index contributed by atoms with van der Waals surface area (Å²) in [5.74, 6) is 0.724. The molecule has 0 spiro atoms. The topological polar surface area (TPSA) is 79.8 Å². The van der Waals surface area contributed by atoms with Crippen molar-refractivity contribution in [2.75, 3.05) is 11.9 Å². The van der Waals surface area contributed by atoms with E-state index in [1.54, 1.807) is 30.5 Å². The Morgan fingerprint density at radius 2 is 1.74 bits per heavy atom. The van der Waals surface area contributed by atoms with Crippen LogP contribution in [0, 0.1) is 5.92 Å². The molecule has 0 saturated carbocycles. The average Bonchev–Trinajstić information content (AvgIpc) is 2.63. The van der Waals surface area contributed by atoms with E-state index in [1.807, 2.05) is 45.0 Å². The van der Waals surface area contributed by atoms with Crippen molar-refractivity contribution in [2.24, 2.45) is 11.0 Å². The highest BCUT2D eigenvalue weighted by Gasteiger charge is 2.07. The summed E-state index contributed by atoms with van der Waals surface area (Å²) in [6, 6.07) is 14.1. The molecule has 2 rings (SSSR count). The summed E-state index contributed by atoms with van der Waals surface area (Å²) in [6.45, 7) is 6.52. The van der Waals surface area contributed by atoms with Crippen LogP contribution in [0.5, 0.6) is 5.75 Å². The molecule has 6 heteroatoms. The van der Waals surface area contributed by atoms with Gasteiger partial charge >= 0.3 is 0 Å². The van der Waals surface area contributed by atoms with Crippen molar-refractivity contribution in [1.29, 1.82) is 0 Å². The minimum absolute atomic E-state index is 0.0397. The number of carbonyl (C=O) groups is 2. The van der Waals surface area contributed by atoms with Crippen molar-refractivity contribution < 1.29 is 14.3 Å². The molecule has 0 aromatic heterocycles. The molecule has 0 aliphatic rings. The second-order valence-corrected chi connectivity index (χ2v) is 6.42. The first kappa shape index (κ1) is 20.2. The van der Waals surface area contributed by atoms with E-state index in [2.05, 4.69) is 15.8 Å². The predicted molar refractivity (Wildman–Crippen MR) is 107 cm³/mol. The minimum atomic E-state index is -0.322. The van der Waals surface area contributed by atoms with Gasteiger partial charge in [-0.15, -0.1) is 0 Å². The van der Waals surface area contributed by atoms with Crippen LogP contribution in [0.1, 0.15) is 43.1 Å². The summed E-state index contributed by atoms with van der Waals surface area (Å²) >= 11 is 0. The number of anilines is 1. The second-order valence-electron chi connectivity index (χ2n) is 6.42. The zero-order valence-corrected chi connectivity index (χ0v) is 15.9. The standard InChI is InChI=1S/C21H25N3O3/c1-4-27-19-11-5-16(6-12-19)14-22-24-21(26)17-7-9-18(10-8-17)23-20(25)13-15(2)3/h5-12,14-15H,4,13H2,1-3H3,(H,23,25)(H,24,26)/b22-14+. The van der Waals surface area contributed by atoms with Gasteiger partial charge in [-0.3, -0.25) is 9.59 Å². The first-order valence-electron chi connectivity index (χ1n) is 8.94. The molecule has 2 N–H and O–H groups in total. The molecule has 0 heterocycles. The molecular formula is C21H25N3O3. The summed E-state index contributed by atoms with van der Waals surface area (Å²) in [4.78, 5) is 23.9. The maximum Gasteiger partial charge on any atom is 0.271 e. The molecule has 2 aromatic carbocycles. The van der Waals surface area contributed by atoms with Crippen molar-refractivity contribution in [1.82, 2.24) is 5.43 Å². The number of amides is 2. The molecule has 0 atom stereocenters. The Morgan fingerprint density at radius 1 is 1.07 bits per heavy atom. The van der Waals surface area contributed by atoms with E-state index in [0.29, 0.717) is 30.2 Å². The van der Waals surface area contributed by atoms with E-state index in [-0.39, 0.29) is 11.8 Å². The Kier molecular flexibility index (Phi) is 7.55. The molecule has 142 valence electrons. The molecule has 0 aliphatic heterocycles. The largest absolute Gasteiger partial charge is 0.494 e. The molecule has 27 heavy (non-hydrogen) atoms. The van der Waals surface area contributed by atoms with Gasteiger partial charge in [0.2, 0.25) is 5.91 Å². The summed E-state index contributed by atoms with van der Waals surface area (Å²) in [7, 11) is 0. The van der Waals surface area contributed by atoms with Crippen molar-refractivity contribution in [2.45, 2.75) is 27.2 Å². The highest BCUT2D eigenvalue weighted by atomic mass is 16.5. The quantitative estimate of drug-likeness (QED) is 0.550. The molecule has 2 aromatic rings. The highest BCUT2D eigenvalue weighted by Crippen LogP contribution is 2.12. The van der Waals surface area contributed by atoms with Crippen molar-refractivity contribution >= 4 is 23.7 Å². The molecule has 0 bridgehead atoms. The number of hydrazone groups is 1. The van der Waals surface area contributed by atoms with Gasteiger partial charge in [0.05, 0.1) is 12.8 Å². The third-order valence-electron chi connectivity index (χ3n) is 3.60. The molecule has 0 fully saturated rings. The number of hydrogen-bond donors (Lipinski definition) is 2. The number of benzene rings is 2. The first-order chi connectivity index (χ1) is 13.0. The van der Waals surface area contributed by atoms with Gasteiger partial charge in [-0.2, -0.15) is 5.10 Å². The molecule has 0 aliphatic carbocycles. The Hall–Kier alpha value is -3.15. The third-order valence-corrected chi connectivity index (χ3v) is 3.60. The number of nitrogens with one attached hydrogen (secondary N) is 2. The number of rotatable bonds is 8. The highest BCUT2D eigenvalue weighted by molar-refractivity contribution is 5.96. The molecule has 2 amide bonds. The second kappa shape index (κ2) is 10.1. The van der Waals surface area contributed by atoms with Crippen molar-refractivity contribution in [3.8, 4) is 5.75 Å². The normalized spacial score (nSPS) is 10.8. The Morgan fingerprint density at radius 3 is 2.33 bits per heavy atom. The summed E-state index contributed by atoms with van der Waals surface area (Å²) < 4.78 is 5.37. The molecular weight excluding hydrogens is 342 g/mol. The van der Waals surface area contributed by atoms with Crippen LogP contribution in [0.4, 0.5) is 5.69 Å². The fraction of sp³-hybridized carbons (Fsp3) is 0.286. The molecule has 0 unspecified atom stereocenters. The Balaban J connectivity index is 1.87. The fourth-order valence-electron chi connectivity index (χ4n) is 2.33. The summed E-state index contributed by atoms with van der Waals surface area (Å²) in [6.07, 6.45) is 2.02. The average molecular weight is 367 g/mol. The maximum atomic E-state index is 12.1. The molecule has 6 nitrogen and oxygen atoms in total. The van der Waals surface area contributed by atoms with E-state index in [9.17, 15) is 9.59 Å². The lowest BCUT2D eigenvalue weighted by molar-refractivity contribution is -0.116. The molecule has 0 saturated heterocycles. The lowest BCUT2D eigenvalue weighted by Crippen LogP contribution is -2.18. The lowest BCUT2D eigenvalue weighted by atomic mass is 10.1. The first-order valence-corrected chi connectivity index (χ1v) is 8.94. The Labute approximate surface area is 159 Å². The maximum absolute atomic E-state index is 12.1. The van der Waals surface area contributed by atoms with Crippen LogP contribution in [-0.4, -0.2) is 24.6 Å². The van der Waals surface area contributed by atoms with Gasteiger partial charge in [0.15, 0.2) is 0 Å². The molecule has 0 radical (unpaired) electrons. The van der Waals surface area contributed by atoms with Crippen LogP contribution in [-0.2, 0) is 4.79 Å². The number of nitrogens with zero attached hydrogens (tertiary/aromatic N) is 1.